The standard InChI is InChI=1S/C12H14F3N.ClH/c13-8-5-9(14)11(10(15)6-8)12(16)7-3-1-2-4-7;/h5-7,12H,1-4,16H2;1H/t12-;/m1./s1. The zero-order valence-electron chi connectivity index (χ0n) is 9.26. The van der Waals surface area contributed by atoms with E-state index < -0.39 is 23.5 Å². The number of rotatable bonds is 2. The summed E-state index contributed by atoms with van der Waals surface area (Å²) in [6.07, 6.45) is 3.86. The van der Waals surface area contributed by atoms with Crippen LogP contribution in [0.1, 0.15) is 37.3 Å². The normalized spacial score (nSPS) is 17.9. The molecule has 0 aliphatic heterocycles. The zero-order valence-corrected chi connectivity index (χ0v) is 10.1. The molecule has 0 spiro atoms. The zero-order chi connectivity index (χ0) is 11.7. The molecule has 1 aromatic rings. The van der Waals surface area contributed by atoms with Crippen LogP contribution in [-0.2, 0) is 0 Å². The van der Waals surface area contributed by atoms with Gasteiger partial charge in [-0.25, -0.2) is 13.2 Å². The molecule has 1 saturated carbocycles. The van der Waals surface area contributed by atoms with E-state index in [1.165, 1.54) is 0 Å². The summed E-state index contributed by atoms with van der Waals surface area (Å²) >= 11 is 0. The highest BCUT2D eigenvalue weighted by Crippen LogP contribution is 2.36. The highest BCUT2D eigenvalue weighted by molar-refractivity contribution is 5.85. The van der Waals surface area contributed by atoms with Gasteiger partial charge in [0.15, 0.2) is 0 Å². The van der Waals surface area contributed by atoms with Crippen LogP contribution in [0.15, 0.2) is 12.1 Å². The fourth-order valence-electron chi connectivity index (χ4n) is 2.42. The first kappa shape index (κ1) is 14.3. The van der Waals surface area contributed by atoms with Crippen LogP contribution in [0.25, 0.3) is 0 Å². The van der Waals surface area contributed by atoms with Crippen LogP contribution in [0.5, 0.6) is 0 Å². The van der Waals surface area contributed by atoms with E-state index in [0.717, 1.165) is 25.7 Å². The number of hydrogen-bond donors (Lipinski definition) is 1. The van der Waals surface area contributed by atoms with Crippen molar-refractivity contribution in [3.8, 4) is 0 Å². The SMILES string of the molecule is Cl.N[C@@H](c1c(F)cc(F)cc1F)C1CCCC1. The van der Waals surface area contributed by atoms with Gasteiger partial charge in [-0.1, -0.05) is 12.8 Å². The van der Waals surface area contributed by atoms with Crippen molar-refractivity contribution < 1.29 is 13.2 Å². The molecule has 1 atom stereocenters. The van der Waals surface area contributed by atoms with Crippen molar-refractivity contribution in [2.24, 2.45) is 11.7 Å². The lowest BCUT2D eigenvalue weighted by Crippen LogP contribution is -2.22. The summed E-state index contributed by atoms with van der Waals surface area (Å²) in [5.41, 5.74) is 5.68. The van der Waals surface area contributed by atoms with Crippen molar-refractivity contribution in [3.05, 3.63) is 35.1 Å². The number of hydrogen-bond acceptors (Lipinski definition) is 1. The van der Waals surface area contributed by atoms with Gasteiger partial charge in [0, 0.05) is 23.7 Å². The first-order valence-corrected chi connectivity index (χ1v) is 5.49. The van der Waals surface area contributed by atoms with Crippen molar-refractivity contribution in [1.82, 2.24) is 0 Å². The average Bonchev–Trinajstić information content (AvgIpc) is 2.67. The molecule has 0 unspecified atom stereocenters. The average molecular weight is 266 g/mol. The van der Waals surface area contributed by atoms with Crippen molar-refractivity contribution in [3.63, 3.8) is 0 Å². The Bertz CT molecular complexity index is 368. The first-order valence-electron chi connectivity index (χ1n) is 5.49. The Balaban J connectivity index is 0.00000144. The van der Waals surface area contributed by atoms with Gasteiger partial charge in [0.2, 0.25) is 0 Å². The van der Waals surface area contributed by atoms with Crippen molar-refractivity contribution in [2.75, 3.05) is 0 Å². The largest absolute Gasteiger partial charge is 0.324 e. The van der Waals surface area contributed by atoms with Gasteiger partial charge in [-0.2, -0.15) is 0 Å². The minimum absolute atomic E-state index is 0. The van der Waals surface area contributed by atoms with Crippen LogP contribution in [0, 0.1) is 23.4 Å². The number of benzene rings is 1. The summed E-state index contributed by atoms with van der Waals surface area (Å²) in [5, 5.41) is 0. The van der Waals surface area contributed by atoms with Gasteiger partial charge >= 0.3 is 0 Å². The van der Waals surface area contributed by atoms with Crippen molar-refractivity contribution in [2.45, 2.75) is 31.7 Å². The molecule has 0 amide bonds. The second kappa shape index (κ2) is 5.74. The third-order valence-electron chi connectivity index (χ3n) is 3.28. The molecule has 2 rings (SSSR count). The van der Waals surface area contributed by atoms with Crippen molar-refractivity contribution in [1.29, 1.82) is 0 Å². The molecule has 1 aromatic carbocycles. The Labute approximate surface area is 105 Å². The Kier molecular flexibility index (Phi) is 4.83. The Morgan fingerprint density at radius 3 is 2.00 bits per heavy atom. The fourth-order valence-corrected chi connectivity index (χ4v) is 2.42. The van der Waals surface area contributed by atoms with Gasteiger partial charge < -0.3 is 5.73 Å². The third-order valence-corrected chi connectivity index (χ3v) is 3.28. The van der Waals surface area contributed by atoms with Gasteiger partial charge in [0.1, 0.15) is 17.5 Å². The van der Waals surface area contributed by atoms with Crippen LogP contribution in [0.2, 0.25) is 0 Å². The van der Waals surface area contributed by atoms with E-state index in [9.17, 15) is 13.2 Å². The second-order valence-electron chi connectivity index (χ2n) is 4.35. The summed E-state index contributed by atoms with van der Waals surface area (Å²) in [4.78, 5) is 0. The lowest BCUT2D eigenvalue weighted by molar-refractivity contribution is 0.406. The number of halogens is 4. The summed E-state index contributed by atoms with van der Waals surface area (Å²) < 4.78 is 39.6. The fraction of sp³-hybridized carbons (Fsp3) is 0.500. The molecule has 1 fully saturated rings. The maximum atomic E-state index is 13.5. The Morgan fingerprint density at radius 1 is 1.06 bits per heavy atom. The molecule has 17 heavy (non-hydrogen) atoms. The van der Waals surface area contributed by atoms with E-state index in [2.05, 4.69) is 0 Å². The summed E-state index contributed by atoms with van der Waals surface area (Å²) in [7, 11) is 0. The predicted octanol–water partition coefficient (Wildman–Crippen LogP) is 3.72. The molecule has 0 saturated heterocycles. The molecular weight excluding hydrogens is 251 g/mol. The van der Waals surface area contributed by atoms with Crippen LogP contribution < -0.4 is 5.73 Å². The number of nitrogens with two attached hydrogens (primary N) is 1. The molecule has 96 valence electrons. The molecule has 0 radical (unpaired) electrons. The quantitative estimate of drug-likeness (QED) is 0.867. The maximum Gasteiger partial charge on any atom is 0.133 e. The van der Waals surface area contributed by atoms with E-state index in [4.69, 9.17) is 5.73 Å². The summed E-state index contributed by atoms with van der Waals surface area (Å²) in [5.74, 6) is -2.55. The molecule has 2 N–H and O–H groups in total. The first-order chi connectivity index (χ1) is 7.59. The summed E-state index contributed by atoms with van der Waals surface area (Å²) in [6, 6.07) is 0.712. The minimum Gasteiger partial charge on any atom is -0.324 e. The molecule has 1 aliphatic rings. The maximum absolute atomic E-state index is 13.5. The topological polar surface area (TPSA) is 26.0 Å². The van der Waals surface area contributed by atoms with Crippen LogP contribution in [0.3, 0.4) is 0 Å². The molecule has 5 heteroatoms. The smallest absolute Gasteiger partial charge is 0.133 e. The molecule has 1 aliphatic carbocycles. The highest BCUT2D eigenvalue weighted by Gasteiger charge is 2.28. The second-order valence-corrected chi connectivity index (χ2v) is 4.35. The van der Waals surface area contributed by atoms with Gasteiger partial charge in [-0.15, -0.1) is 12.4 Å². The van der Waals surface area contributed by atoms with Gasteiger partial charge in [-0.05, 0) is 18.8 Å². The highest BCUT2D eigenvalue weighted by atomic mass is 35.5. The Morgan fingerprint density at radius 2 is 1.53 bits per heavy atom. The van der Waals surface area contributed by atoms with E-state index in [0.29, 0.717) is 12.1 Å². The molecule has 0 heterocycles. The van der Waals surface area contributed by atoms with E-state index in [-0.39, 0.29) is 23.9 Å². The van der Waals surface area contributed by atoms with Crippen LogP contribution in [0.4, 0.5) is 13.2 Å². The van der Waals surface area contributed by atoms with Crippen LogP contribution in [-0.4, -0.2) is 0 Å². The van der Waals surface area contributed by atoms with E-state index >= 15 is 0 Å². The lowest BCUT2D eigenvalue weighted by atomic mass is 9.92. The molecule has 0 bridgehead atoms. The molecule has 1 nitrogen and oxygen atoms in total. The van der Waals surface area contributed by atoms with E-state index in [1.54, 1.807) is 0 Å². The van der Waals surface area contributed by atoms with Gasteiger partial charge in [0.05, 0.1) is 0 Å². The lowest BCUT2D eigenvalue weighted by Gasteiger charge is -2.20. The monoisotopic (exact) mass is 265 g/mol. The summed E-state index contributed by atoms with van der Waals surface area (Å²) in [6.45, 7) is 0. The third kappa shape index (κ3) is 2.93. The van der Waals surface area contributed by atoms with E-state index in [1.807, 2.05) is 0 Å². The van der Waals surface area contributed by atoms with Crippen LogP contribution >= 0.6 is 12.4 Å². The van der Waals surface area contributed by atoms with Crippen molar-refractivity contribution >= 4 is 12.4 Å². The van der Waals surface area contributed by atoms with Gasteiger partial charge in [-0.3, -0.25) is 0 Å². The Hall–Kier alpha value is -0.740. The molecule has 0 aromatic heterocycles. The van der Waals surface area contributed by atoms with Gasteiger partial charge in [0.25, 0.3) is 0 Å². The minimum atomic E-state index is -0.905. The predicted molar refractivity (Wildman–Crippen MR) is 62.5 cm³/mol. The molecular formula is C12H15ClF3N.